The van der Waals surface area contributed by atoms with E-state index in [1.54, 1.807) is 25.3 Å². The SMILES string of the molecule is COCCNCC(=O)NC1CCN(c2ccccc2OC(F)F)C1. The molecule has 1 unspecified atom stereocenters. The number of rotatable bonds is 9. The number of nitrogens with one attached hydrogen (secondary N) is 2. The van der Waals surface area contributed by atoms with Crippen LogP contribution in [0.15, 0.2) is 24.3 Å². The number of hydrogen-bond acceptors (Lipinski definition) is 5. The number of para-hydroxylation sites is 2. The fraction of sp³-hybridized carbons (Fsp3) is 0.562. The molecule has 1 aromatic carbocycles. The fourth-order valence-corrected chi connectivity index (χ4v) is 2.67. The predicted molar refractivity (Wildman–Crippen MR) is 86.6 cm³/mol. The van der Waals surface area contributed by atoms with Crippen molar-refractivity contribution in [1.29, 1.82) is 0 Å². The van der Waals surface area contributed by atoms with Crippen LogP contribution in [0.4, 0.5) is 14.5 Å². The summed E-state index contributed by atoms with van der Waals surface area (Å²) in [6, 6.07) is 6.68. The molecule has 1 atom stereocenters. The average molecular weight is 343 g/mol. The van der Waals surface area contributed by atoms with Gasteiger partial charge in [0.25, 0.3) is 0 Å². The predicted octanol–water partition coefficient (Wildman–Crippen LogP) is 1.22. The lowest BCUT2D eigenvalue weighted by atomic mass is 10.2. The molecule has 0 saturated carbocycles. The standard InChI is InChI=1S/C16H23F2N3O3/c1-23-9-7-19-10-15(22)20-12-6-8-21(11-12)13-4-2-3-5-14(13)24-16(17)18/h2-5,12,16,19H,6-11H2,1H3,(H,20,22). The van der Waals surface area contributed by atoms with Crippen LogP contribution in [-0.4, -0.2) is 58.5 Å². The number of carbonyl (C=O) groups is 1. The molecule has 2 rings (SSSR count). The molecule has 1 aliphatic heterocycles. The van der Waals surface area contributed by atoms with E-state index in [4.69, 9.17) is 4.74 Å². The molecule has 0 radical (unpaired) electrons. The highest BCUT2D eigenvalue weighted by molar-refractivity contribution is 5.78. The lowest BCUT2D eigenvalue weighted by Gasteiger charge is -2.22. The second kappa shape index (κ2) is 9.39. The first-order valence-corrected chi connectivity index (χ1v) is 7.88. The van der Waals surface area contributed by atoms with Crippen molar-refractivity contribution in [2.75, 3.05) is 44.8 Å². The molecule has 0 aliphatic carbocycles. The van der Waals surface area contributed by atoms with Gasteiger partial charge in [0, 0.05) is 32.8 Å². The summed E-state index contributed by atoms with van der Waals surface area (Å²) >= 11 is 0. The van der Waals surface area contributed by atoms with Gasteiger partial charge in [0.2, 0.25) is 5.91 Å². The molecule has 24 heavy (non-hydrogen) atoms. The molecule has 1 heterocycles. The van der Waals surface area contributed by atoms with E-state index < -0.39 is 6.61 Å². The van der Waals surface area contributed by atoms with Crippen molar-refractivity contribution in [2.24, 2.45) is 0 Å². The smallest absolute Gasteiger partial charge is 0.387 e. The number of halogens is 2. The molecule has 8 heteroatoms. The number of anilines is 1. The van der Waals surface area contributed by atoms with Gasteiger partial charge in [0.05, 0.1) is 18.8 Å². The maximum atomic E-state index is 12.5. The van der Waals surface area contributed by atoms with Crippen LogP contribution >= 0.6 is 0 Å². The number of ether oxygens (including phenoxy) is 2. The first-order valence-electron chi connectivity index (χ1n) is 7.88. The number of nitrogens with zero attached hydrogens (tertiary/aromatic N) is 1. The van der Waals surface area contributed by atoms with Crippen LogP contribution in [0.2, 0.25) is 0 Å². The van der Waals surface area contributed by atoms with Gasteiger partial charge in [0.15, 0.2) is 0 Å². The van der Waals surface area contributed by atoms with Gasteiger partial charge < -0.3 is 25.0 Å². The van der Waals surface area contributed by atoms with E-state index in [1.165, 1.54) is 6.07 Å². The van der Waals surface area contributed by atoms with Crippen molar-refractivity contribution in [2.45, 2.75) is 19.1 Å². The minimum atomic E-state index is -2.86. The molecule has 1 aromatic rings. The Labute approximate surface area is 140 Å². The summed E-state index contributed by atoms with van der Waals surface area (Å²) in [5.74, 6) is 0.0655. The van der Waals surface area contributed by atoms with Crippen molar-refractivity contribution in [3.63, 3.8) is 0 Å². The van der Waals surface area contributed by atoms with Crippen LogP contribution in [0.5, 0.6) is 5.75 Å². The lowest BCUT2D eigenvalue weighted by Crippen LogP contribution is -2.42. The number of carbonyl (C=O) groups excluding carboxylic acids is 1. The Hall–Kier alpha value is -1.93. The van der Waals surface area contributed by atoms with Gasteiger partial charge in [-0.3, -0.25) is 4.79 Å². The van der Waals surface area contributed by atoms with Crippen LogP contribution in [0.1, 0.15) is 6.42 Å². The van der Waals surface area contributed by atoms with Gasteiger partial charge >= 0.3 is 6.61 Å². The second-order valence-electron chi connectivity index (χ2n) is 5.51. The van der Waals surface area contributed by atoms with Crippen LogP contribution in [-0.2, 0) is 9.53 Å². The third kappa shape index (κ3) is 5.61. The molecule has 2 N–H and O–H groups in total. The largest absolute Gasteiger partial charge is 0.433 e. The molecule has 0 aromatic heterocycles. The van der Waals surface area contributed by atoms with E-state index in [1.807, 2.05) is 4.90 Å². The summed E-state index contributed by atoms with van der Waals surface area (Å²) in [6.07, 6.45) is 0.757. The van der Waals surface area contributed by atoms with Gasteiger partial charge in [-0.05, 0) is 18.6 Å². The minimum Gasteiger partial charge on any atom is -0.433 e. The van der Waals surface area contributed by atoms with Crippen LogP contribution in [0.25, 0.3) is 0 Å². The Morgan fingerprint density at radius 1 is 1.42 bits per heavy atom. The highest BCUT2D eigenvalue weighted by Crippen LogP contribution is 2.31. The Morgan fingerprint density at radius 2 is 2.21 bits per heavy atom. The van der Waals surface area contributed by atoms with Crippen molar-refractivity contribution in [3.05, 3.63) is 24.3 Å². The Kier molecular flexibility index (Phi) is 7.20. The second-order valence-corrected chi connectivity index (χ2v) is 5.51. The zero-order valence-corrected chi connectivity index (χ0v) is 13.6. The molecule has 0 spiro atoms. The highest BCUT2D eigenvalue weighted by Gasteiger charge is 2.26. The summed E-state index contributed by atoms with van der Waals surface area (Å²) in [6.45, 7) is -0.239. The molecular formula is C16H23F2N3O3. The van der Waals surface area contributed by atoms with Gasteiger partial charge in [-0.1, -0.05) is 12.1 Å². The first kappa shape index (κ1) is 18.4. The third-order valence-corrected chi connectivity index (χ3v) is 3.74. The van der Waals surface area contributed by atoms with Crippen molar-refractivity contribution >= 4 is 11.6 Å². The molecule has 1 amide bonds. The molecule has 6 nitrogen and oxygen atoms in total. The summed E-state index contributed by atoms with van der Waals surface area (Å²) in [7, 11) is 1.60. The number of alkyl halides is 2. The normalized spacial score (nSPS) is 17.3. The summed E-state index contributed by atoms with van der Waals surface area (Å²) in [4.78, 5) is 13.8. The average Bonchev–Trinajstić information content (AvgIpc) is 3.00. The van der Waals surface area contributed by atoms with Crippen LogP contribution < -0.4 is 20.3 Å². The maximum Gasteiger partial charge on any atom is 0.387 e. The maximum absolute atomic E-state index is 12.5. The van der Waals surface area contributed by atoms with Crippen LogP contribution in [0, 0.1) is 0 Å². The first-order chi connectivity index (χ1) is 11.6. The van der Waals surface area contributed by atoms with Gasteiger partial charge in [-0.15, -0.1) is 0 Å². The van der Waals surface area contributed by atoms with Gasteiger partial charge in [-0.25, -0.2) is 0 Å². The number of methoxy groups -OCH3 is 1. The molecule has 1 saturated heterocycles. The number of hydrogen-bond donors (Lipinski definition) is 2. The zero-order valence-electron chi connectivity index (χ0n) is 13.6. The summed E-state index contributed by atoms with van der Waals surface area (Å²) in [5, 5.41) is 5.92. The lowest BCUT2D eigenvalue weighted by molar-refractivity contribution is -0.120. The monoisotopic (exact) mass is 343 g/mol. The molecule has 1 fully saturated rings. The third-order valence-electron chi connectivity index (χ3n) is 3.74. The van der Waals surface area contributed by atoms with Crippen molar-refractivity contribution in [1.82, 2.24) is 10.6 Å². The molecule has 1 aliphatic rings. The van der Waals surface area contributed by atoms with E-state index in [0.717, 1.165) is 6.42 Å². The molecule has 134 valence electrons. The summed E-state index contributed by atoms with van der Waals surface area (Å²) in [5.41, 5.74) is 0.618. The minimum absolute atomic E-state index is 0.0127. The topological polar surface area (TPSA) is 62.8 Å². The Balaban J connectivity index is 1.84. The Morgan fingerprint density at radius 3 is 2.96 bits per heavy atom. The quantitative estimate of drug-likeness (QED) is 0.660. The summed E-state index contributed by atoms with van der Waals surface area (Å²) < 4.78 is 34.5. The number of benzene rings is 1. The van der Waals surface area contributed by atoms with E-state index in [9.17, 15) is 13.6 Å². The van der Waals surface area contributed by atoms with E-state index in [0.29, 0.717) is 31.9 Å². The van der Waals surface area contributed by atoms with E-state index in [-0.39, 0.29) is 24.2 Å². The van der Waals surface area contributed by atoms with Gasteiger partial charge in [-0.2, -0.15) is 8.78 Å². The fourth-order valence-electron chi connectivity index (χ4n) is 2.67. The van der Waals surface area contributed by atoms with Crippen molar-refractivity contribution < 1.29 is 23.0 Å². The zero-order chi connectivity index (χ0) is 17.4. The molecule has 0 bridgehead atoms. The van der Waals surface area contributed by atoms with Crippen LogP contribution in [0.3, 0.4) is 0 Å². The van der Waals surface area contributed by atoms with Gasteiger partial charge in [0.1, 0.15) is 5.75 Å². The molecular weight excluding hydrogens is 320 g/mol. The number of amides is 1. The Bertz CT molecular complexity index is 531. The highest BCUT2D eigenvalue weighted by atomic mass is 19.3. The van der Waals surface area contributed by atoms with E-state index >= 15 is 0 Å². The van der Waals surface area contributed by atoms with Crippen molar-refractivity contribution in [3.8, 4) is 5.75 Å². The van der Waals surface area contributed by atoms with E-state index in [2.05, 4.69) is 15.4 Å².